The first-order valence-corrected chi connectivity index (χ1v) is 8.85. The van der Waals surface area contributed by atoms with Crippen LogP contribution in [0.2, 0.25) is 5.02 Å². The molecule has 0 spiro atoms. The molecule has 0 saturated heterocycles. The van der Waals surface area contributed by atoms with Crippen molar-refractivity contribution in [3.8, 4) is 0 Å². The zero-order valence-electron chi connectivity index (χ0n) is 14.0. The Morgan fingerprint density at radius 1 is 1.29 bits per heavy atom. The van der Waals surface area contributed by atoms with Crippen molar-refractivity contribution < 1.29 is 0 Å². The summed E-state index contributed by atoms with van der Waals surface area (Å²) < 4.78 is 2.10. The largest absolute Gasteiger partial charge is 0.314 e. The zero-order chi connectivity index (χ0) is 15.4. The quantitative estimate of drug-likeness (QED) is 0.853. The van der Waals surface area contributed by atoms with Gasteiger partial charge in [0.1, 0.15) is 0 Å². The van der Waals surface area contributed by atoms with Gasteiger partial charge in [-0.2, -0.15) is 5.10 Å². The Hall–Kier alpha value is -0.540. The van der Waals surface area contributed by atoms with Crippen LogP contribution in [-0.2, 0) is 13.0 Å². The minimum atomic E-state index is 0.569. The highest BCUT2D eigenvalue weighted by atomic mass is 35.5. The Balaban J connectivity index is 2.08. The highest BCUT2D eigenvalue weighted by Crippen LogP contribution is 2.34. The van der Waals surface area contributed by atoms with Crippen LogP contribution in [0.4, 0.5) is 0 Å². The van der Waals surface area contributed by atoms with Crippen LogP contribution in [0.15, 0.2) is 0 Å². The van der Waals surface area contributed by atoms with Gasteiger partial charge in [0.2, 0.25) is 0 Å². The average molecular weight is 312 g/mol. The lowest BCUT2D eigenvalue weighted by atomic mass is 9.76. The van der Waals surface area contributed by atoms with E-state index in [-0.39, 0.29) is 0 Å². The molecule has 120 valence electrons. The third-order valence-electron chi connectivity index (χ3n) is 4.76. The van der Waals surface area contributed by atoms with Gasteiger partial charge >= 0.3 is 0 Å². The fourth-order valence-electron chi connectivity index (χ4n) is 3.52. The van der Waals surface area contributed by atoms with E-state index < -0.39 is 0 Å². The smallest absolute Gasteiger partial charge is 0.0847 e. The van der Waals surface area contributed by atoms with Gasteiger partial charge in [-0.15, -0.1) is 0 Å². The average Bonchev–Trinajstić information content (AvgIpc) is 2.74. The number of aryl methyl sites for hydroxylation is 2. The molecule has 1 aliphatic rings. The van der Waals surface area contributed by atoms with Crippen molar-refractivity contribution in [2.45, 2.75) is 72.4 Å². The predicted molar refractivity (Wildman–Crippen MR) is 89.9 cm³/mol. The van der Waals surface area contributed by atoms with E-state index in [9.17, 15) is 0 Å². The number of nitrogens with one attached hydrogen (secondary N) is 1. The maximum Gasteiger partial charge on any atom is 0.0847 e. The zero-order valence-corrected chi connectivity index (χ0v) is 14.7. The molecule has 4 heteroatoms. The predicted octanol–water partition coefficient (Wildman–Crippen LogP) is 4.21. The molecule has 1 N–H and O–H groups in total. The normalized spacial score (nSPS) is 23.0. The SMILES string of the molecule is CCn1nc(C)c(Cl)c1CC1CCCCC1CNC(C)C. The Morgan fingerprint density at radius 3 is 2.57 bits per heavy atom. The summed E-state index contributed by atoms with van der Waals surface area (Å²) in [5.41, 5.74) is 2.22. The molecule has 1 saturated carbocycles. The minimum Gasteiger partial charge on any atom is -0.314 e. The van der Waals surface area contributed by atoms with Gasteiger partial charge in [-0.3, -0.25) is 4.68 Å². The molecule has 1 heterocycles. The molecule has 1 aliphatic carbocycles. The van der Waals surface area contributed by atoms with Crippen LogP contribution in [0.25, 0.3) is 0 Å². The van der Waals surface area contributed by atoms with Gasteiger partial charge in [0, 0.05) is 12.6 Å². The summed E-state index contributed by atoms with van der Waals surface area (Å²) in [6, 6.07) is 0.569. The van der Waals surface area contributed by atoms with E-state index in [0.29, 0.717) is 6.04 Å². The molecule has 0 radical (unpaired) electrons. The number of rotatable bonds is 6. The summed E-state index contributed by atoms with van der Waals surface area (Å²) in [4.78, 5) is 0. The summed E-state index contributed by atoms with van der Waals surface area (Å²) in [5, 5.41) is 9.07. The van der Waals surface area contributed by atoms with E-state index >= 15 is 0 Å². The molecule has 2 rings (SSSR count). The number of halogens is 1. The molecule has 1 aromatic rings. The molecule has 0 amide bonds. The fraction of sp³-hybridized carbons (Fsp3) is 0.824. The lowest BCUT2D eigenvalue weighted by Crippen LogP contribution is -2.35. The first kappa shape index (κ1) is 16.8. The van der Waals surface area contributed by atoms with Gasteiger partial charge in [0.25, 0.3) is 0 Å². The second kappa shape index (κ2) is 7.64. The molecule has 2 unspecified atom stereocenters. The van der Waals surface area contributed by atoms with Crippen molar-refractivity contribution in [2.24, 2.45) is 11.8 Å². The Morgan fingerprint density at radius 2 is 1.95 bits per heavy atom. The molecule has 3 nitrogen and oxygen atoms in total. The molecule has 21 heavy (non-hydrogen) atoms. The third-order valence-corrected chi connectivity index (χ3v) is 5.25. The summed E-state index contributed by atoms with van der Waals surface area (Å²) in [5.74, 6) is 1.52. The third kappa shape index (κ3) is 4.23. The van der Waals surface area contributed by atoms with E-state index in [1.807, 2.05) is 6.92 Å². The van der Waals surface area contributed by atoms with Gasteiger partial charge in [0.05, 0.1) is 16.4 Å². The summed E-state index contributed by atoms with van der Waals surface area (Å²) >= 11 is 6.49. The maximum absolute atomic E-state index is 6.49. The second-order valence-corrected chi connectivity index (χ2v) is 7.11. The van der Waals surface area contributed by atoms with E-state index in [1.54, 1.807) is 0 Å². The molecule has 0 aliphatic heterocycles. The second-order valence-electron chi connectivity index (χ2n) is 6.73. The van der Waals surface area contributed by atoms with Gasteiger partial charge < -0.3 is 5.32 Å². The Kier molecular flexibility index (Phi) is 6.12. The van der Waals surface area contributed by atoms with Crippen molar-refractivity contribution in [1.82, 2.24) is 15.1 Å². The van der Waals surface area contributed by atoms with Crippen LogP contribution in [-0.4, -0.2) is 22.4 Å². The summed E-state index contributed by atoms with van der Waals surface area (Å²) in [6.07, 6.45) is 6.49. The number of aromatic nitrogens is 2. The summed E-state index contributed by atoms with van der Waals surface area (Å²) in [6.45, 7) is 10.7. The highest BCUT2D eigenvalue weighted by molar-refractivity contribution is 6.31. The topological polar surface area (TPSA) is 29.9 Å². The molecular formula is C17H30ClN3. The van der Waals surface area contributed by atoms with Crippen molar-refractivity contribution >= 4 is 11.6 Å². The van der Waals surface area contributed by atoms with Crippen LogP contribution >= 0.6 is 11.6 Å². The van der Waals surface area contributed by atoms with Crippen LogP contribution in [0.1, 0.15) is 57.8 Å². The fourth-order valence-corrected chi connectivity index (χ4v) is 3.73. The molecule has 2 atom stereocenters. The van der Waals surface area contributed by atoms with Gasteiger partial charge in [0.15, 0.2) is 0 Å². The van der Waals surface area contributed by atoms with Crippen LogP contribution < -0.4 is 5.32 Å². The maximum atomic E-state index is 6.49. The molecular weight excluding hydrogens is 282 g/mol. The molecule has 1 aromatic heterocycles. The lowest BCUT2D eigenvalue weighted by Gasteiger charge is -2.32. The van der Waals surface area contributed by atoms with Crippen molar-refractivity contribution in [1.29, 1.82) is 0 Å². The van der Waals surface area contributed by atoms with Crippen molar-refractivity contribution in [3.63, 3.8) is 0 Å². The molecule has 0 bridgehead atoms. The van der Waals surface area contributed by atoms with Gasteiger partial charge in [-0.05, 0) is 51.5 Å². The van der Waals surface area contributed by atoms with Crippen LogP contribution in [0.3, 0.4) is 0 Å². The number of hydrogen-bond acceptors (Lipinski definition) is 2. The molecule has 1 fully saturated rings. The van der Waals surface area contributed by atoms with Crippen molar-refractivity contribution in [3.05, 3.63) is 16.4 Å². The first-order chi connectivity index (χ1) is 10.0. The van der Waals surface area contributed by atoms with E-state index in [4.69, 9.17) is 11.6 Å². The van der Waals surface area contributed by atoms with Crippen LogP contribution in [0, 0.1) is 18.8 Å². The standard InChI is InChI=1S/C17H30ClN3/c1-5-21-16(17(18)13(4)20-21)10-14-8-6-7-9-15(14)11-19-12(2)3/h12,14-15,19H,5-11H2,1-4H3. The van der Waals surface area contributed by atoms with E-state index in [2.05, 4.69) is 35.9 Å². The lowest BCUT2D eigenvalue weighted by molar-refractivity contribution is 0.221. The minimum absolute atomic E-state index is 0.569. The Bertz CT molecular complexity index is 453. The van der Waals surface area contributed by atoms with Crippen LogP contribution in [0.5, 0.6) is 0 Å². The van der Waals surface area contributed by atoms with E-state index in [1.165, 1.54) is 31.4 Å². The number of hydrogen-bond donors (Lipinski definition) is 1. The first-order valence-electron chi connectivity index (χ1n) is 8.48. The van der Waals surface area contributed by atoms with E-state index in [0.717, 1.165) is 42.1 Å². The molecule has 0 aromatic carbocycles. The monoisotopic (exact) mass is 311 g/mol. The summed E-state index contributed by atoms with van der Waals surface area (Å²) in [7, 11) is 0. The van der Waals surface area contributed by atoms with Gasteiger partial charge in [-0.25, -0.2) is 0 Å². The van der Waals surface area contributed by atoms with Gasteiger partial charge in [-0.1, -0.05) is 38.3 Å². The number of nitrogens with zero attached hydrogens (tertiary/aromatic N) is 2. The van der Waals surface area contributed by atoms with Crippen molar-refractivity contribution in [2.75, 3.05) is 6.54 Å². The highest BCUT2D eigenvalue weighted by Gasteiger charge is 2.27. The Labute approximate surface area is 134 Å².